The number of carbonyl (C=O) groups excluding carboxylic acids is 1. The molecule has 4 heteroatoms. The van der Waals surface area contributed by atoms with Crippen LogP contribution < -0.4 is 0 Å². The van der Waals surface area contributed by atoms with E-state index < -0.39 is 0 Å². The first-order chi connectivity index (χ1) is 6.22. The third-order valence-electron chi connectivity index (χ3n) is 1.91. The van der Waals surface area contributed by atoms with Gasteiger partial charge in [-0.3, -0.25) is 4.79 Å². The molecule has 0 spiro atoms. The van der Waals surface area contributed by atoms with E-state index in [2.05, 4.69) is 10.1 Å². The van der Waals surface area contributed by atoms with Crippen LogP contribution in [0.15, 0.2) is 10.6 Å². The van der Waals surface area contributed by atoms with Gasteiger partial charge in [-0.2, -0.15) is 0 Å². The van der Waals surface area contributed by atoms with Gasteiger partial charge in [0.05, 0.1) is 5.39 Å². The Kier molecular flexibility index (Phi) is 1.62. The quantitative estimate of drug-likeness (QED) is 0.620. The summed E-state index contributed by atoms with van der Waals surface area (Å²) in [5, 5.41) is 4.32. The van der Waals surface area contributed by atoms with Gasteiger partial charge < -0.3 is 4.52 Å². The van der Waals surface area contributed by atoms with Crippen molar-refractivity contribution in [2.45, 2.75) is 13.8 Å². The molecule has 0 fully saturated rings. The summed E-state index contributed by atoms with van der Waals surface area (Å²) in [6.07, 6.45) is 0.676. The van der Waals surface area contributed by atoms with Crippen LogP contribution in [0.2, 0.25) is 0 Å². The van der Waals surface area contributed by atoms with Gasteiger partial charge >= 0.3 is 0 Å². The lowest BCUT2D eigenvalue weighted by atomic mass is 10.1. The Labute approximate surface area is 74.6 Å². The van der Waals surface area contributed by atoms with E-state index in [-0.39, 0.29) is 0 Å². The average Bonchev–Trinajstić information content (AvgIpc) is 2.47. The SMILES string of the molecule is Cc1cc(C)c2c(C=O)noc2n1. The molecular formula is C9H8N2O2. The van der Waals surface area contributed by atoms with Crippen LogP contribution in [-0.4, -0.2) is 16.4 Å². The van der Waals surface area contributed by atoms with Crippen LogP contribution in [0.3, 0.4) is 0 Å². The molecule has 2 rings (SSSR count). The minimum atomic E-state index is 0.319. The Bertz CT molecular complexity index is 474. The first kappa shape index (κ1) is 7.91. The molecule has 0 amide bonds. The van der Waals surface area contributed by atoms with Gasteiger partial charge in [0.15, 0.2) is 12.0 Å². The zero-order valence-electron chi connectivity index (χ0n) is 7.37. The third kappa shape index (κ3) is 1.11. The van der Waals surface area contributed by atoms with Gasteiger partial charge in [0, 0.05) is 5.69 Å². The fraction of sp³-hybridized carbons (Fsp3) is 0.222. The smallest absolute Gasteiger partial charge is 0.258 e. The third-order valence-corrected chi connectivity index (χ3v) is 1.91. The van der Waals surface area contributed by atoms with Crippen molar-refractivity contribution in [3.8, 4) is 0 Å². The number of hydrogen-bond donors (Lipinski definition) is 0. The Morgan fingerprint density at radius 3 is 2.92 bits per heavy atom. The van der Waals surface area contributed by atoms with Gasteiger partial charge in [0.2, 0.25) is 0 Å². The standard InChI is InChI=1S/C9H8N2O2/c1-5-3-6(2)10-9-8(5)7(4-12)11-13-9/h3-4H,1-2H3. The summed E-state index contributed by atoms with van der Waals surface area (Å²) < 4.78 is 4.91. The van der Waals surface area contributed by atoms with E-state index in [4.69, 9.17) is 4.52 Å². The van der Waals surface area contributed by atoms with Crippen molar-refractivity contribution in [2.75, 3.05) is 0 Å². The molecular weight excluding hydrogens is 168 g/mol. The molecule has 4 nitrogen and oxygen atoms in total. The maximum absolute atomic E-state index is 10.6. The Hall–Kier alpha value is -1.71. The fourth-order valence-corrected chi connectivity index (χ4v) is 1.40. The molecule has 0 aromatic carbocycles. The summed E-state index contributed by atoms with van der Waals surface area (Å²) in [4.78, 5) is 14.7. The fourth-order valence-electron chi connectivity index (χ4n) is 1.40. The number of nitrogens with zero attached hydrogens (tertiary/aromatic N) is 2. The summed E-state index contributed by atoms with van der Waals surface area (Å²) in [6.45, 7) is 3.77. The minimum absolute atomic E-state index is 0.319. The van der Waals surface area contributed by atoms with Gasteiger partial charge in [-0.1, -0.05) is 5.16 Å². The number of aldehydes is 1. The molecule has 0 atom stereocenters. The molecule has 0 saturated carbocycles. The molecule has 2 aromatic rings. The second kappa shape index (κ2) is 2.65. The van der Waals surface area contributed by atoms with Crippen LogP contribution in [0.1, 0.15) is 21.7 Å². The zero-order valence-corrected chi connectivity index (χ0v) is 7.37. The molecule has 0 aliphatic carbocycles. The highest BCUT2D eigenvalue weighted by molar-refractivity contribution is 5.94. The van der Waals surface area contributed by atoms with Crippen LogP contribution in [-0.2, 0) is 0 Å². The van der Waals surface area contributed by atoms with E-state index in [0.717, 1.165) is 11.3 Å². The number of hydrogen-bond acceptors (Lipinski definition) is 4. The van der Waals surface area contributed by atoms with Gasteiger partial charge in [-0.05, 0) is 25.5 Å². The summed E-state index contributed by atoms with van der Waals surface area (Å²) in [5.41, 5.74) is 2.57. The maximum atomic E-state index is 10.6. The molecule has 66 valence electrons. The summed E-state index contributed by atoms with van der Waals surface area (Å²) in [6, 6.07) is 1.90. The van der Waals surface area contributed by atoms with Crippen LogP contribution in [0.5, 0.6) is 0 Å². The second-order valence-corrected chi connectivity index (χ2v) is 2.95. The number of aromatic nitrogens is 2. The van der Waals surface area contributed by atoms with Crippen LogP contribution >= 0.6 is 0 Å². The van der Waals surface area contributed by atoms with Gasteiger partial charge in [-0.25, -0.2) is 4.98 Å². The number of rotatable bonds is 1. The van der Waals surface area contributed by atoms with Gasteiger partial charge in [0.25, 0.3) is 5.71 Å². The molecule has 0 aliphatic heterocycles. The van der Waals surface area contributed by atoms with Crippen molar-refractivity contribution in [2.24, 2.45) is 0 Å². The summed E-state index contributed by atoms with van der Waals surface area (Å²) in [7, 11) is 0. The molecule has 2 heterocycles. The summed E-state index contributed by atoms with van der Waals surface area (Å²) in [5.74, 6) is 0. The monoisotopic (exact) mass is 176 g/mol. The molecule has 0 radical (unpaired) electrons. The molecule has 2 aromatic heterocycles. The normalized spacial score (nSPS) is 10.6. The highest BCUT2D eigenvalue weighted by Gasteiger charge is 2.11. The Morgan fingerprint density at radius 2 is 2.23 bits per heavy atom. The van der Waals surface area contributed by atoms with Crippen LogP contribution in [0, 0.1) is 13.8 Å². The lowest BCUT2D eigenvalue weighted by molar-refractivity contribution is 0.111. The van der Waals surface area contributed by atoms with Crippen molar-refractivity contribution in [1.82, 2.24) is 10.1 Å². The predicted molar refractivity (Wildman–Crippen MR) is 46.7 cm³/mol. The zero-order chi connectivity index (χ0) is 9.42. The van der Waals surface area contributed by atoms with Gasteiger partial charge in [0.1, 0.15) is 0 Å². The highest BCUT2D eigenvalue weighted by atomic mass is 16.5. The second-order valence-electron chi connectivity index (χ2n) is 2.95. The van der Waals surface area contributed by atoms with E-state index in [1.54, 1.807) is 0 Å². The van der Waals surface area contributed by atoms with E-state index >= 15 is 0 Å². The number of pyridine rings is 1. The molecule has 0 N–H and O–H groups in total. The lowest BCUT2D eigenvalue weighted by Gasteiger charge is -1.95. The number of carbonyl (C=O) groups is 1. The highest BCUT2D eigenvalue weighted by Crippen LogP contribution is 2.19. The molecule has 0 saturated heterocycles. The van der Waals surface area contributed by atoms with E-state index in [1.807, 2.05) is 19.9 Å². The average molecular weight is 176 g/mol. The van der Waals surface area contributed by atoms with Crippen molar-refractivity contribution in [1.29, 1.82) is 0 Å². The first-order valence-corrected chi connectivity index (χ1v) is 3.91. The van der Waals surface area contributed by atoms with Crippen molar-refractivity contribution in [3.63, 3.8) is 0 Å². The van der Waals surface area contributed by atoms with Crippen LogP contribution in [0.4, 0.5) is 0 Å². The first-order valence-electron chi connectivity index (χ1n) is 3.91. The summed E-state index contributed by atoms with van der Waals surface area (Å²) >= 11 is 0. The van der Waals surface area contributed by atoms with E-state index in [0.29, 0.717) is 23.1 Å². The van der Waals surface area contributed by atoms with E-state index in [1.165, 1.54) is 0 Å². The van der Waals surface area contributed by atoms with Crippen molar-refractivity contribution < 1.29 is 9.32 Å². The topological polar surface area (TPSA) is 56.0 Å². The molecule has 0 unspecified atom stereocenters. The van der Waals surface area contributed by atoms with Gasteiger partial charge in [-0.15, -0.1) is 0 Å². The minimum Gasteiger partial charge on any atom is -0.335 e. The molecule has 0 bridgehead atoms. The molecule has 13 heavy (non-hydrogen) atoms. The number of fused-ring (bicyclic) bond motifs is 1. The van der Waals surface area contributed by atoms with E-state index in [9.17, 15) is 4.79 Å². The predicted octanol–water partition coefficient (Wildman–Crippen LogP) is 1.65. The van der Waals surface area contributed by atoms with Crippen LogP contribution in [0.25, 0.3) is 11.1 Å². The lowest BCUT2D eigenvalue weighted by Crippen LogP contribution is -1.86. The largest absolute Gasteiger partial charge is 0.335 e. The number of aryl methyl sites for hydroxylation is 2. The Balaban J connectivity index is 2.89. The van der Waals surface area contributed by atoms with Crippen molar-refractivity contribution in [3.05, 3.63) is 23.0 Å². The Morgan fingerprint density at radius 1 is 1.46 bits per heavy atom. The van der Waals surface area contributed by atoms with Crippen molar-refractivity contribution >= 4 is 17.4 Å². The molecule has 0 aliphatic rings. The maximum Gasteiger partial charge on any atom is 0.258 e.